The van der Waals surface area contributed by atoms with E-state index in [0.29, 0.717) is 30.0 Å². The van der Waals surface area contributed by atoms with E-state index in [4.69, 9.17) is 4.42 Å². The number of aryl methyl sites for hydroxylation is 1. The number of likely N-dealkylation sites (tertiary alicyclic amines) is 1. The Labute approximate surface area is 205 Å². The maximum Gasteiger partial charge on any atom is 0.289 e. The molecule has 0 N–H and O–H groups in total. The van der Waals surface area contributed by atoms with Gasteiger partial charge in [-0.1, -0.05) is 19.9 Å². The number of halogens is 1. The van der Waals surface area contributed by atoms with Gasteiger partial charge in [-0.3, -0.25) is 14.3 Å². The zero-order valence-corrected chi connectivity index (χ0v) is 20.9. The van der Waals surface area contributed by atoms with E-state index in [-0.39, 0.29) is 29.3 Å². The third-order valence-corrected chi connectivity index (χ3v) is 6.73. The molecule has 0 unspecified atom stereocenters. The molecule has 1 aliphatic heterocycles. The molecule has 1 aromatic carbocycles. The van der Waals surface area contributed by atoms with E-state index < -0.39 is 0 Å². The molecule has 3 heterocycles. The molecule has 1 saturated heterocycles. The molecule has 0 spiro atoms. The van der Waals surface area contributed by atoms with Crippen LogP contribution in [0.3, 0.4) is 0 Å². The maximum absolute atomic E-state index is 13.9. The molecule has 1 saturated carbocycles. The second-order valence-electron chi connectivity index (χ2n) is 9.75. The Hall–Kier alpha value is -3.16. The molecule has 8 heteroatoms. The van der Waals surface area contributed by atoms with Gasteiger partial charge in [0.15, 0.2) is 5.76 Å². The number of carbonyl (C=O) groups is 2. The Morgan fingerprint density at radius 1 is 1.20 bits per heavy atom. The van der Waals surface area contributed by atoms with Crippen molar-refractivity contribution in [2.24, 2.45) is 0 Å². The van der Waals surface area contributed by atoms with Crippen molar-refractivity contribution in [3.05, 3.63) is 53.8 Å². The van der Waals surface area contributed by atoms with Gasteiger partial charge in [-0.05, 0) is 55.7 Å². The fourth-order valence-corrected chi connectivity index (χ4v) is 4.42. The van der Waals surface area contributed by atoms with Crippen molar-refractivity contribution in [3.8, 4) is 0 Å². The fourth-order valence-electron chi connectivity index (χ4n) is 4.42. The lowest BCUT2D eigenvalue weighted by molar-refractivity contribution is -0.132. The molecule has 2 aromatic heterocycles. The Balaban J connectivity index is 0.000000172. The van der Waals surface area contributed by atoms with Crippen LogP contribution in [0.2, 0.25) is 0 Å². The fraction of sp³-hybridized carbons (Fsp3) is 0.519. The third-order valence-electron chi connectivity index (χ3n) is 6.73. The Morgan fingerprint density at radius 3 is 2.57 bits per heavy atom. The van der Waals surface area contributed by atoms with Gasteiger partial charge in [0.25, 0.3) is 5.91 Å². The number of amides is 2. The van der Waals surface area contributed by atoms with Crippen LogP contribution in [0.1, 0.15) is 74.4 Å². The molecule has 35 heavy (non-hydrogen) atoms. The molecule has 188 valence electrons. The summed E-state index contributed by atoms with van der Waals surface area (Å²) in [7, 11) is 1.77. The normalized spacial score (nSPS) is 15.7. The smallest absolute Gasteiger partial charge is 0.289 e. The van der Waals surface area contributed by atoms with E-state index in [2.05, 4.69) is 5.10 Å². The predicted molar refractivity (Wildman–Crippen MR) is 133 cm³/mol. The molecule has 3 aromatic rings. The number of hydrogen-bond donors (Lipinski definition) is 0. The number of rotatable bonds is 6. The van der Waals surface area contributed by atoms with Crippen LogP contribution in [-0.4, -0.2) is 57.6 Å². The van der Waals surface area contributed by atoms with E-state index in [0.717, 1.165) is 44.3 Å². The first-order valence-corrected chi connectivity index (χ1v) is 12.6. The number of piperidine rings is 1. The van der Waals surface area contributed by atoms with Crippen molar-refractivity contribution in [2.75, 3.05) is 20.1 Å². The second kappa shape index (κ2) is 11.1. The predicted octanol–water partition coefficient (Wildman–Crippen LogP) is 5.22. The van der Waals surface area contributed by atoms with Crippen LogP contribution >= 0.6 is 0 Å². The number of aromatic nitrogens is 2. The van der Waals surface area contributed by atoms with E-state index in [1.165, 1.54) is 18.6 Å². The van der Waals surface area contributed by atoms with Gasteiger partial charge < -0.3 is 14.2 Å². The Kier molecular flexibility index (Phi) is 7.88. The van der Waals surface area contributed by atoms with Crippen LogP contribution in [0.5, 0.6) is 0 Å². The van der Waals surface area contributed by atoms with Gasteiger partial charge in [-0.25, -0.2) is 4.39 Å². The molecule has 0 radical (unpaired) electrons. The van der Waals surface area contributed by atoms with Crippen LogP contribution in [0.25, 0.3) is 11.0 Å². The molecule has 5 rings (SSSR count). The quantitative estimate of drug-likeness (QED) is 0.483. The van der Waals surface area contributed by atoms with Gasteiger partial charge in [0, 0.05) is 57.6 Å². The minimum atomic E-state index is -0.346. The monoisotopic (exact) mass is 482 g/mol. The average Bonchev–Trinajstić information content (AvgIpc) is 3.39. The van der Waals surface area contributed by atoms with E-state index in [9.17, 15) is 14.0 Å². The van der Waals surface area contributed by atoms with Gasteiger partial charge in [-0.2, -0.15) is 5.10 Å². The molecule has 2 aliphatic rings. The second-order valence-corrected chi connectivity index (χ2v) is 9.75. The molecule has 2 fully saturated rings. The number of nitrogens with zero attached hydrogens (tertiary/aromatic N) is 4. The lowest BCUT2D eigenvalue weighted by Gasteiger charge is -2.26. The number of hydrogen-bond acceptors (Lipinski definition) is 4. The van der Waals surface area contributed by atoms with Crippen LogP contribution in [-0.2, 0) is 11.3 Å². The lowest BCUT2D eigenvalue weighted by atomic mass is 10.0. The largest absolute Gasteiger partial charge is 0.450 e. The van der Waals surface area contributed by atoms with Crippen molar-refractivity contribution >= 4 is 22.8 Å². The topological polar surface area (TPSA) is 71.6 Å². The van der Waals surface area contributed by atoms with E-state index >= 15 is 0 Å². The van der Waals surface area contributed by atoms with Gasteiger partial charge in [-0.15, -0.1) is 0 Å². The third kappa shape index (κ3) is 6.10. The van der Waals surface area contributed by atoms with Gasteiger partial charge in [0.2, 0.25) is 5.91 Å². The van der Waals surface area contributed by atoms with Gasteiger partial charge in [0.05, 0.1) is 5.39 Å². The van der Waals surface area contributed by atoms with Crippen molar-refractivity contribution in [1.82, 2.24) is 19.6 Å². The first-order valence-electron chi connectivity index (χ1n) is 12.6. The first kappa shape index (κ1) is 24.9. The molecule has 2 amide bonds. The van der Waals surface area contributed by atoms with Crippen LogP contribution in [0.15, 0.2) is 41.1 Å². The van der Waals surface area contributed by atoms with Crippen molar-refractivity contribution in [2.45, 2.75) is 70.9 Å². The molecular weight excluding hydrogens is 447 g/mol. The van der Waals surface area contributed by atoms with Gasteiger partial charge >= 0.3 is 0 Å². The molecular formula is C27H35FN4O3. The van der Waals surface area contributed by atoms with Crippen LogP contribution in [0.4, 0.5) is 4.39 Å². The highest BCUT2D eigenvalue weighted by atomic mass is 19.1. The summed E-state index contributed by atoms with van der Waals surface area (Å²) >= 11 is 0. The number of benzene rings is 1. The first-order chi connectivity index (χ1) is 16.8. The summed E-state index contributed by atoms with van der Waals surface area (Å²) in [5.41, 5.74) is 1.42. The summed E-state index contributed by atoms with van der Waals surface area (Å²) in [4.78, 5) is 27.7. The zero-order valence-electron chi connectivity index (χ0n) is 20.9. The average molecular weight is 483 g/mol. The van der Waals surface area contributed by atoms with Gasteiger partial charge in [0.1, 0.15) is 11.4 Å². The summed E-state index contributed by atoms with van der Waals surface area (Å²) in [5.74, 6) is 0.194. The van der Waals surface area contributed by atoms with Crippen LogP contribution in [0, 0.1) is 5.82 Å². The van der Waals surface area contributed by atoms with Crippen molar-refractivity contribution in [1.29, 1.82) is 0 Å². The highest BCUT2D eigenvalue weighted by molar-refractivity contribution is 5.97. The van der Waals surface area contributed by atoms with E-state index in [1.807, 2.05) is 35.7 Å². The molecule has 7 nitrogen and oxygen atoms in total. The van der Waals surface area contributed by atoms with Crippen molar-refractivity contribution in [3.63, 3.8) is 0 Å². The number of carbonyl (C=O) groups excluding carboxylic acids is 2. The van der Waals surface area contributed by atoms with E-state index in [1.54, 1.807) is 24.2 Å². The SMILES string of the molecule is CC(C)c1ccc(F)c2cc(C(=O)N(C)C3CC3)oc12.O=C(CCn1cccn1)N1CCCCC1. The zero-order chi connectivity index (χ0) is 24.9. The summed E-state index contributed by atoms with van der Waals surface area (Å²) in [5, 5.41) is 4.47. The maximum atomic E-state index is 13.9. The minimum Gasteiger partial charge on any atom is -0.450 e. The molecule has 0 bridgehead atoms. The highest BCUT2D eigenvalue weighted by Crippen LogP contribution is 2.32. The Bertz CT molecular complexity index is 1140. The summed E-state index contributed by atoms with van der Waals surface area (Å²) in [6.07, 6.45) is 9.86. The standard InChI is InChI=1S/C16H18FNO2.C11H17N3O/c1-9(2)11-6-7-13(17)12-8-14(20-15(11)12)16(19)18(3)10-4-5-10;15-11(13-7-2-1-3-8-13)5-10-14-9-4-6-12-14/h6-10H,4-5H2,1-3H3;4,6,9H,1-3,5,7-8,10H2. The molecule has 1 aliphatic carbocycles. The number of furan rings is 1. The number of fused-ring (bicyclic) bond motifs is 1. The highest BCUT2D eigenvalue weighted by Gasteiger charge is 2.32. The summed E-state index contributed by atoms with van der Waals surface area (Å²) in [6, 6.07) is 6.88. The van der Waals surface area contributed by atoms with Crippen LogP contribution < -0.4 is 0 Å². The summed E-state index contributed by atoms with van der Waals surface area (Å²) < 4.78 is 21.4. The van der Waals surface area contributed by atoms with Crippen molar-refractivity contribution < 1.29 is 18.4 Å². The molecule has 0 atom stereocenters. The minimum absolute atomic E-state index is 0.169. The Morgan fingerprint density at radius 2 is 1.94 bits per heavy atom. The lowest BCUT2D eigenvalue weighted by Crippen LogP contribution is -2.36. The summed E-state index contributed by atoms with van der Waals surface area (Å²) in [6.45, 7) is 6.62.